The number of carboxylic acids is 1. The van der Waals surface area contributed by atoms with Crippen molar-refractivity contribution >= 4 is 17.9 Å². The van der Waals surface area contributed by atoms with Gasteiger partial charge in [-0.1, -0.05) is 163 Å². The average Bonchev–Trinajstić information content (AvgIpc) is 3.22. The molecule has 0 aliphatic rings. The number of aliphatic carboxylic acids is 1. The van der Waals surface area contributed by atoms with E-state index in [0.717, 1.165) is 64.2 Å². The van der Waals surface area contributed by atoms with Crippen LogP contribution in [0.2, 0.25) is 0 Å². The number of carboxylic acid groups (broad SMARTS) is 1. The van der Waals surface area contributed by atoms with Gasteiger partial charge in [0.2, 0.25) is 0 Å². The van der Waals surface area contributed by atoms with Crippen molar-refractivity contribution in [1.29, 1.82) is 0 Å². The summed E-state index contributed by atoms with van der Waals surface area (Å²) in [5.74, 6) is -1.55. The summed E-state index contributed by atoms with van der Waals surface area (Å²) >= 11 is 0. The van der Waals surface area contributed by atoms with Gasteiger partial charge in [-0.05, 0) is 83.5 Å². The number of carbonyl (C=O) groups is 3. The molecule has 0 radical (unpaired) electrons. The van der Waals surface area contributed by atoms with Crippen LogP contribution in [0.1, 0.15) is 181 Å². The van der Waals surface area contributed by atoms with E-state index in [1.165, 1.54) is 77.0 Å². The van der Waals surface area contributed by atoms with Crippen molar-refractivity contribution in [1.82, 2.24) is 0 Å². The van der Waals surface area contributed by atoms with Crippen LogP contribution in [0.4, 0.5) is 0 Å². The van der Waals surface area contributed by atoms with E-state index in [-0.39, 0.29) is 42.7 Å². The van der Waals surface area contributed by atoms with Crippen LogP contribution >= 0.6 is 0 Å². The molecule has 0 aromatic carbocycles. The lowest BCUT2D eigenvalue weighted by atomic mass is 10.0. The first-order valence-electron chi connectivity index (χ1n) is 24.1. The average molecular weight is 853 g/mol. The van der Waals surface area contributed by atoms with Crippen LogP contribution in [-0.4, -0.2) is 80.6 Å². The third-order valence-corrected chi connectivity index (χ3v) is 10.3. The Morgan fingerprint density at radius 1 is 0.508 bits per heavy atom. The summed E-state index contributed by atoms with van der Waals surface area (Å²) in [6.45, 7) is 4.53. The predicted molar refractivity (Wildman–Crippen MR) is 256 cm³/mol. The molecule has 0 bridgehead atoms. The van der Waals surface area contributed by atoms with Crippen LogP contribution in [0.25, 0.3) is 0 Å². The molecule has 8 nitrogen and oxygen atoms in total. The third kappa shape index (κ3) is 41.6. The topological polar surface area (TPSA) is 99.1 Å². The van der Waals surface area contributed by atoms with Crippen LogP contribution in [-0.2, 0) is 28.6 Å². The smallest absolute Gasteiger partial charge is 0.362 e. The number of nitrogens with zero attached hydrogens (tertiary/aromatic N) is 1. The van der Waals surface area contributed by atoms with Crippen molar-refractivity contribution in [3.63, 3.8) is 0 Å². The Kier molecular flexibility index (Phi) is 40.7. The van der Waals surface area contributed by atoms with Crippen LogP contribution in [0, 0.1) is 0 Å². The van der Waals surface area contributed by atoms with Gasteiger partial charge in [-0.25, -0.2) is 4.79 Å². The minimum absolute atomic E-state index is 0.0381. The van der Waals surface area contributed by atoms with E-state index < -0.39 is 18.1 Å². The number of quaternary nitrogens is 1. The van der Waals surface area contributed by atoms with Crippen LogP contribution in [0.15, 0.2) is 85.1 Å². The maximum absolute atomic E-state index is 12.8. The quantitative estimate of drug-likeness (QED) is 0.0283. The first-order valence-corrected chi connectivity index (χ1v) is 24.1. The molecule has 0 spiro atoms. The molecule has 0 aromatic heterocycles. The fraction of sp³-hybridized carbons (Fsp3) is 0.679. The second kappa shape index (κ2) is 43.2. The van der Waals surface area contributed by atoms with Gasteiger partial charge in [-0.3, -0.25) is 9.59 Å². The van der Waals surface area contributed by atoms with E-state index in [0.29, 0.717) is 19.3 Å². The molecule has 61 heavy (non-hydrogen) atoms. The first-order chi connectivity index (χ1) is 29.6. The molecule has 0 rings (SSSR count). The number of carbonyl (C=O) groups excluding carboxylic acids is 2. The standard InChI is InChI=1S/C53H89NO7/c1-6-8-10-12-14-16-18-20-22-24-25-26-28-30-32-34-36-38-40-42-44-52(56)61-49(47-59-46-45-50(53(57)58)54(3,4)5)48-60-51(55)43-41-39-37-35-33-31-29-27-23-21-19-17-15-13-11-9-7-2/h8,10,14-17,20-23,29,31,35,37,49-50H,6-7,9,11-13,18-19,24-28,30,32-34,36,38-48H2,1-5H3/p+1/b10-8+,16-14+,17-15+,22-20+,23-21+,31-29+,37-35+. The maximum Gasteiger partial charge on any atom is 0.362 e. The molecule has 2 unspecified atom stereocenters. The van der Waals surface area contributed by atoms with Gasteiger partial charge < -0.3 is 23.8 Å². The molecular formula is C53H90NO7+. The molecule has 0 saturated carbocycles. The van der Waals surface area contributed by atoms with Gasteiger partial charge in [0.1, 0.15) is 6.61 Å². The number of rotatable bonds is 42. The summed E-state index contributed by atoms with van der Waals surface area (Å²) in [7, 11) is 5.51. The van der Waals surface area contributed by atoms with Crippen molar-refractivity contribution in [3.05, 3.63) is 85.1 Å². The molecule has 0 heterocycles. The van der Waals surface area contributed by atoms with E-state index in [1.807, 2.05) is 21.1 Å². The molecule has 348 valence electrons. The Morgan fingerprint density at radius 2 is 0.934 bits per heavy atom. The highest BCUT2D eigenvalue weighted by atomic mass is 16.6. The zero-order valence-corrected chi connectivity index (χ0v) is 39.6. The van der Waals surface area contributed by atoms with E-state index in [4.69, 9.17) is 14.2 Å². The molecule has 0 aliphatic heterocycles. The lowest BCUT2D eigenvalue weighted by Crippen LogP contribution is -2.50. The molecule has 0 aromatic rings. The van der Waals surface area contributed by atoms with Crippen LogP contribution in [0.5, 0.6) is 0 Å². The van der Waals surface area contributed by atoms with Gasteiger partial charge in [0, 0.05) is 19.3 Å². The Morgan fingerprint density at radius 3 is 1.41 bits per heavy atom. The van der Waals surface area contributed by atoms with Gasteiger partial charge in [0.25, 0.3) is 0 Å². The molecule has 1 N–H and O–H groups in total. The molecule has 0 saturated heterocycles. The summed E-state index contributed by atoms with van der Waals surface area (Å²) in [4.78, 5) is 37.1. The Labute approximate surface area is 373 Å². The van der Waals surface area contributed by atoms with Crippen molar-refractivity contribution in [2.24, 2.45) is 0 Å². The maximum atomic E-state index is 12.8. The van der Waals surface area contributed by atoms with Gasteiger partial charge >= 0.3 is 17.9 Å². The first kappa shape index (κ1) is 57.5. The molecule has 0 fully saturated rings. The largest absolute Gasteiger partial charge is 0.477 e. The lowest BCUT2D eigenvalue weighted by molar-refractivity contribution is -0.887. The van der Waals surface area contributed by atoms with Gasteiger partial charge in [-0.2, -0.15) is 0 Å². The Bertz CT molecular complexity index is 1270. The van der Waals surface area contributed by atoms with E-state index in [9.17, 15) is 19.5 Å². The van der Waals surface area contributed by atoms with Gasteiger partial charge in [-0.15, -0.1) is 0 Å². The SMILES string of the molecule is CC/C=C/C/C=C/C/C=C/CCCCCCCCCCCCC(=O)OC(COCCC(C(=O)O)[N+](C)(C)C)COC(=O)CCC/C=C/C/C=C/C/C=C/C/C=C/CCCCC. The number of likely N-dealkylation sites (N-methyl/N-ethyl adjacent to an activating group) is 1. The number of ether oxygens (including phenoxy) is 3. The highest BCUT2D eigenvalue weighted by molar-refractivity contribution is 5.72. The summed E-state index contributed by atoms with van der Waals surface area (Å²) < 4.78 is 17.3. The lowest BCUT2D eigenvalue weighted by Gasteiger charge is -2.31. The van der Waals surface area contributed by atoms with Gasteiger partial charge in [0.05, 0.1) is 34.4 Å². The summed E-state index contributed by atoms with van der Waals surface area (Å²) in [5, 5.41) is 9.64. The summed E-state index contributed by atoms with van der Waals surface area (Å²) in [6.07, 6.45) is 56.3. The number of esters is 2. The Hall–Kier alpha value is -3.49. The summed E-state index contributed by atoms with van der Waals surface area (Å²) in [5.41, 5.74) is 0. The minimum Gasteiger partial charge on any atom is -0.477 e. The Balaban J connectivity index is 4.38. The van der Waals surface area contributed by atoms with Crippen molar-refractivity contribution in [2.75, 3.05) is 41.0 Å². The monoisotopic (exact) mass is 853 g/mol. The van der Waals surface area contributed by atoms with Crippen LogP contribution in [0.3, 0.4) is 0 Å². The summed E-state index contributed by atoms with van der Waals surface area (Å²) in [6, 6.07) is -0.628. The third-order valence-electron chi connectivity index (χ3n) is 10.3. The van der Waals surface area contributed by atoms with Crippen molar-refractivity contribution < 1.29 is 38.2 Å². The number of hydrogen-bond acceptors (Lipinski definition) is 6. The normalized spacial score (nSPS) is 13.7. The van der Waals surface area contributed by atoms with Gasteiger partial charge in [0.15, 0.2) is 12.1 Å². The van der Waals surface area contributed by atoms with E-state index in [2.05, 4.69) is 98.9 Å². The zero-order chi connectivity index (χ0) is 44.9. The molecule has 0 amide bonds. The van der Waals surface area contributed by atoms with Crippen LogP contribution < -0.4 is 0 Å². The fourth-order valence-corrected chi connectivity index (χ4v) is 6.57. The molecule has 0 aliphatic carbocycles. The second-order valence-corrected chi connectivity index (χ2v) is 17.0. The minimum atomic E-state index is -0.885. The van der Waals surface area contributed by atoms with Crippen molar-refractivity contribution in [3.8, 4) is 0 Å². The predicted octanol–water partition coefficient (Wildman–Crippen LogP) is 13.7. The number of unbranched alkanes of at least 4 members (excludes halogenated alkanes) is 14. The van der Waals surface area contributed by atoms with E-state index in [1.54, 1.807) is 0 Å². The number of allylic oxidation sites excluding steroid dienone is 14. The molecular weight excluding hydrogens is 763 g/mol. The van der Waals surface area contributed by atoms with E-state index >= 15 is 0 Å². The van der Waals surface area contributed by atoms with Crippen molar-refractivity contribution in [2.45, 2.75) is 193 Å². The molecule has 8 heteroatoms. The zero-order valence-electron chi connectivity index (χ0n) is 39.6. The second-order valence-electron chi connectivity index (χ2n) is 17.0. The highest BCUT2D eigenvalue weighted by Gasteiger charge is 2.31. The highest BCUT2D eigenvalue weighted by Crippen LogP contribution is 2.14. The number of hydrogen-bond donors (Lipinski definition) is 1. The fourth-order valence-electron chi connectivity index (χ4n) is 6.57. The molecule has 2 atom stereocenters.